The molecule has 0 spiro atoms. The van der Waals surface area contributed by atoms with Gasteiger partial charge >= 0.3 is 0 Å². The van der Waals surface area contributed by atoms with Gasteiger partial charge in [0.2, 0.25) is 12.2 Å². The predicted octanol–water partition coefficient (Wildman–Crippen LogP) is 0.172. The molecule has 7 heteroatoms. The first-order valence-electron chi connectivity index (χ1n) is 4.03. The molecule has 0 aliphatic heterocycles. The molecule has 0 atom stereocenters. The van der Waals surface area contributed by atoms with Crippen LogP contribution in [0.2, 0.25) is 0 Å². The van der Waals surface area contributed by atoms with E-state index >= 15 is 0 Å². The standard InChI is InChI=1S/C7H7N5O2/c13-12(14)2-1-5-3-6-7(8-4-5)10-11-9-6/h3-4H,1-2H2,(H,8,9,10,11). The molecule has 0 unspecified atom stereocenters. The third-order valence-corrected chi connectivity index (χ3v) is 1.81. The molecule has 2 heterocycles. The van der Waals surface area contributed by atoms with Crippen molar-refractivity contribution in [3.63, 3.8) is 0 Å². The Balaban J connectivity index is 2.21. The molecular weight excluding hydrogens is 186 g/mol. The van der Waals surface area contributed by atoms with Crippen molar-refractivity contribution in [3.05, 3.63) is 27.9 Å². The lowest BCUT2D eigenvalue weighted by Crippen LogP contribution is -2.04. The summed E-state index contributed by atoms with van der Waals surface area (Å²) < 4.78 is 0. The second-order valence-corrected chi connectivity index (χ2v) is 2.82. The van der Waals surface area contributed by atoms with Gasteiger partial charge in [-0.3, -0.25) is 10.1 Å². The number of rotatable bonds is 3. The highest BCUT2D eigenvalue weighted by Crippen LogP contribution is 2.07. The molecule has 0 fully saturated rings. The summed E-state index contributed by atoms with van der Waals surface area (Å²) in [6.45, 7) is -0.0922. The van der Waals surface area contributed by atoms with E-state index in [0.717, 1.165) is 5.56 Å². The molecule has 2 aromatic rings. The minimum absolute atomic E-state index is 0.0922. The SMILES string of the molecule is O=[N+]([O-])CCc1cnc2n[nH]nc2c1. The van der Waals surface area contributed by atoms with Crippen molar-refractivity contribution in [2.45, 2.75) is 6.42 Å². The van der Waals surface area contributed by atoms with Crippen LogP contribution in [0.1, 0.15) is 5.56 Å². The van der Waals surface area contributed by atoms with Gasteiger partial charge in [-0.25, -0.2) is 4.98 Å². The zero-order valence-electron chi connectivity index (χ0n) is 7.17. The van der Waals surface area contributed by atoms with Gasteiger partial charge in [-0.05, 0) is 11.6 Å². The molecule has 0 saturated heterocycles. The van der Waals surface area contributed by atoms with Gasteiger partial charge in [-0.1, -0.05) is 0 Å². The number of aromatic amines is 1. The van der Waals surface area contributed by atoms with Crippen molar-refractivity contribution in [2.75, 3.05) is 6.54 Å². The van der Waals surface area contributed by atoms with Gasteiger partial charge in [0.25, 0.3) is 0 Å². The highest BCUT2D eigenvalue weighted by molar-refractivity contribution is 5.68. The van der Waals surface area contributed by atoms with Gasteiger partial charge in [-0.15, -0.1) is 5.10 Å². The number of nitrogens with zero attached hydrogens (tertiary/aromatic N) is 4. The Morgan fingerprint density at radius 1 is 1.50 bits per heavy atom. The molecule has 0 aliphatic carbocycles. The fraction of sp³-hybridized carbons (Fsp3) is 0.286. The summed E-state index contributed by atoms with van der Waals surface area (Å²) in [4.78, 5) is 13.8. The van der Waals surface area contributed by atoms with Crippen molar-refractivity contribution in [3.8, 4) is 0 Å². The molecule has 14 heavy (non-hydrogen) atoms. The zero-order valence-corrected chi connectivity index (χ0v) is 7.17. The first-order valence-corrected chi connectivity index (χ1v) is 4.03. The molecule has 1 N–H and O–H groups in total. The maximum Gasteiger partial charge on any atom is 0.207 e. The van der Waals surface area contributed by atoms with Crippen LogP contribution >= 0.6 is 0 Å². The Morgan fingerprint density at radius 3 is 3.14 bits per heavy atom. The average Bonchev–Trinajstić information content (AvgIpc) is 2.61. The highest BCUT2D eigenvalue weighted by Gasteiger charge is 2.04. The fourth-order valence-electron chi connectivity index (χ4n) is 1.14. The molecule has 72 valence electrons. The van der Waals surface area contributed by atoms with Crippen LogP contribution in [0.25, 0.3) is 11.2 Å². The van der Waals surface area contributed by atoms with Gasteiger partial charge in [0.15, 0.2) is 0 Å². The summed E-state index contributed by atoms with van der Waals surface area (Å²) in [5, 5.41) is 20.2. The minimum atomic E-state index is -0.354. The van der Waals surface area contributed by atoms with Crippen LogP contribution in [0.15, 0.2) is 12.3 Å². The fourth-order valence-corrected chi connectivity index (χ4v) is 1.14. The van der Waals surface area contributed by atoms with E-state index in [-0.39, 0.29) is 11.5 Å². The molecule has 0 bridgehead atoms. The molecule has 0 aromatic carbocycles. The van der Waals surface area contributed by atoms with Crippen LogP contribution in [0.3, 0.4) is 0 Å². The number of nitrogens with one attached hydrogen (secondary N) is 1. The van der Waals surface area contributed by atoms with E-state index in [9.17, 15) is 10.1 Å². The summed E-state index contributed by atoms with van der Waals surface area (Å²) in [5.41, 5.74) is 1.95. The number of pyridine rings is 1. The van der Waals surface area contributed by atoms with Gasteiger partial charge in [0, 0.05) is 17.5 Å². The van der Waals surface area contributed by atoms with E-state index in [2.05, 4.69) is 20.4 Å². The normalized spacial score (nSPS) is 10.6. The number of hydrogen-bond donors (Lipinski definition) is 1. The summed E-state index contributed by atoms with van der Waals surface area (Å²) in [6.07, 6.45) is 1.94. The third kappa shape index (κ3) is 1.65. The second kappa shape index (κ2) is 3.36. The zero-order chi connectivity index (χ0) is 9.97. The van der Waals surface area contributed by atoms with Gasteiger partial charge in [0.05, 0.1) is 0 Å². The van der Waals surface area contributed by atoms with Gasteiger partial charge in [-0.2, -0.15) is 10.3 Å². The number of nitro groups is 1. The van der Waals surface area contributed by atoms with E-state index in [1.807, 2.05) is 0 Å². The van der Waals surface area contributed by atoms with Crippen LogP contribution < -0.4 is 0 Å². The summed E-state index contributed by atoms with van der Waals surface area (Å²) in [5.74, 6) is 0. The molecule has 0 radical (unpaired) electrons. The number of fused-ring (bicyclic) bond motifs is 1. The van der Waals surface area contributed by atoms with Crippen molar-refractivity contribution in [2.24, 2.45) is 0 Å². The summed E-state index contributed by atoms with van der Waals surface area (Å²) >= 11 is 0. The first-order chi connectivity index (χ1) is 6.75. The molecular formula is C7H7N5O2. The number of aromatic nitrogens is 4. The van der Waals surface area contributed by atoms with Crippen molar-refractivity contribution >= 4 is 11.2 Å². The summed E-state index contributed by atoms with van der Waals surface area (Å²) in [7, 11) is 0. The lowest BCUT2D eigenvalue weighted by molar-refractivity contribution is -0.479. The maximum atomic E-state index is 10.1. The lowest BCUT2D eigenvalue weighted by Gasteiger charge is -1.94. The van der Waals surface area contributed by atoms with Crippen molar-refractivity contribution < 1.29 is 4.92 Å². The Labute approximate surface area is 78.3 Å². The van der Waals surface area contributed by atoms with E-state index in [4.69, 9.17) is 0 Å². The Hall–Kier alpha value is -2.05. The van der Waals surface area contributed by atoms with Gasteiger partial charge < -0.3 is 0 Å². The van der Waals surface area contributed by atoms with Crippen LogP contribution in [0, 0.1) is 10.1 Å². The highest BCUT2D eigenvalue weighted by atomic mass is 16.6. The van der Waals surface area contributed by atoms with Crippen LogP contribution in [0.4, 0.5) is 0 Å². The van der Waals surface area contributed by atoms with Crippen molar-refractivity contribution in [1.82, 2.24) is 20.4 Å². The monoisotopic (exact) mass is 193 g/mol. The molecule has 2 aromatic heterocycles. The van der Waals surface area contributed by atoms with E-state index in [1.165, 1.54) is 0 Å². The predicted molar refractivity (Wildman–Crippen MR) is 47.2 cm³/mol. The Bertz CT molecular complexity index is 466. The van der Waals surface area contributed by atoms with Crippen LogP contribution in [-0.2, 0) is 6.42 Å². The first kappa shape index (κ1) is 8.54. The average molecular weight is 193 g/mol. The number of hydrogen-bond acceptors (Lipinski definition) is 5. The summed E-state index contributed by atoms with van der Waals surface area (Å²) in [6, 6.07) is 1.75. The van der Waals surface area contributed by atoms with E-state index in [1.54, 1.807) is 12.3 Å². The van der Waals surface area contributed by atoms with Crippen LogP contribution in [-0.4, -0.2) is 31.9 Å². The molecule has 0 amide bonds. The Kier molecular flexibility index (Phi) is 2.05. The van der Waals surface area contributed by atoms with Crippen LogP contribution in [0.5, 0.6) is 0 Å². The molecule has 2 rings (SSSR count). The quantitative estimate of drug-likeness (QED) is 0.553. The second-order valence-electron chi connectivity index (χ2n) is 2.82. The van der Waals surface area contributed by atoms with E-state index in [0.29, 0.717) is 17.6 Å². The largest absolute Gasteiger partial charge is 0.265 e. The van der Waals surface area contributed by atoms with E-state index < -0.39 is 0 Å². The topological polar surface area (TPSA) is 97.6 Å². The maximum absolute atomic E-state index is 10.1. The lowest BCUT2D eigenvalue weighted by atomic mass is 10.2. The Morgan fingerprint density at radius 2 is 2.36 bits per heavy atom. The molecule has 7 nitrogen and oxygen atoms in total. The molecule has 0 aliphatic rings. The van der Waals surface area contributed by atoms with Gasteiger partial charge in [0.1, 0.15) is 5.52 Å². The third-order valence-electron chi connectivity index (χ3n) is 1.81. The number of H-pyrrole nitrogens is 1. The van der Waals surface area contributed by atoms with Crippen molar-refractivity contribution in [1.29, 1.82) is 0 Å². The molecule has 0 saturated carbocycles. The smallest absolute Gasteiger partial charge is 0.207 e. The minimum Gasteiger partial charge on any atom is -0.265 e.